The molecular weight excluding hydrogens is 410 g/mol. The molecule has 1 aliphatic rings. The van der Waals surface area contributed by atoms with Crippen molar-refractivity contribution in [3.63, 3.8) is 0 Å². The van der Waals surface area contributed by atoms with Gasteiger partial charge in [0.2, 0.25) is 11.4 Å². The largest absolute Gasteiger partial charge is 0.477 e. The predicted molar refractivity (Wildman–Crippen MR) is 123 cm³/mol. The molecular formula is C22H23N7O3. The normalized spacial score (nSPS) is 14.3. The average molecular weight is 433 g/mol. The topological polar surface area (TPSA) is 139 Å². The Balaban J connectivity index is 1.55. The molecule has 4 N–H and O–H groups in total. The summed E-state index contributed by atoms with van der Waals surface area (Å²) in [6, 6.07) is 9.57. The minimum atomic E-state index is -1.27. The van der Waals surface area contributed by atoms with Gasteiger partial charge in [-0.1, -0.05) is 18.2 Å². The van der Waals surface area contributed by atoms with E-state index in [1.165, 1.54) is 12.4 Å². The SMILES string of the molecule is CCn1cc(C(=O)O)c(=O)c2cnc(N3CC=C(N=C(N)Nc4ccccc4)CC3)nc21. The van der Waals surface area contributed by atoms with E-state index in [4.69, 9.17) is 5.73 Å². The summed E-state index contributed by atoms with van der Waals surface area (Å²) in [7, 11) is 0. The fourth-order valence-electron chi connectivity index (χ4n) is 3.50. The van der Waals surface area contributed by atoms with Crippen LogP contribution in [0, 0.1) is 0 Å². The Morgan fingerprint density at radius 1 is 1.31 bits per heavy atom. The number of anilines is 2. The van der Waals surface area contributed by atoms with Gasteiger partial charge in [-0.05, 0) is 25.1 Å². The monoisotopic (exact) mass is 433 g/mol. The number of pyridine rings is 1. The molecule has 0 fully saturated rings. The maximum absolute atomic E-state index is 12.5. The summed E-state index contributed by atoms with van der Waals surface area (Å²) in [6.07, 6.45) is 5.33. The Morgan fingerprint density at radius 3 is 2.75 bits per heavy atom. The second-order valence-electron chi connectivity index (χ2n) is 7.25. The van der Waals surface area contributed by atoms with Gasteiger partial charge in [-0.2, -0.15) is 4.98 Å². The number of rotatable bonds is 5. The van der Waals surface area contributed by atoms with Crippen molar-refractivity contribution in [2.75, 3.05) is 23.3 Å². The Hall–Kier alpha value is -4.21. The van der Waals surface area contributed by atoms with Gasteiger partial charge in [0.15, 0.2) is 5.96 Å². The van der Waals surface area contributed by atoms with Gasteiger partial charge in [-0.3, -0.25) is 4.79 Å². The lowest BCUT2D eigenvalue weighted by molar-refractivity contribution is 0.0695. The van der Waals surface area contributed by atoms with Crippen LogP contribution in [0.1, 0.15) is 23.7 Å². The Labute approximate surface area is 183 Å². The summed E-state index contributed by atoms with van der Waals surface area (Å²) in [5.41, 5.74) is 7.28. The Morgan fingerprint density at radius 2 is 2.09 bits per heavy atom. The minimum Gasteiger partial charge on any atom is -0.477 e. The summed E-state index contributed by atoms with van der Waals surface area (Å²) >= 11 is 0. The van der Waals surface area contributed by atoms with E-state index in [0.717, 1.165) is 11.4 Å². The van der Waals surface area contributed by atoms with Crippen LogP contribution in [-0.4, -0.2) is 44.7 Å². The standard InChI is InChI=1S/C22H23N7O3/c1-2-28-13-17(20(31)32)18(30)16-12-24-22(27-19(16)28)29-10-8-15(9-11-29)26-21(23)25-14-6-4-3-5-7-14/h3-8,12-13H,2,9-11H2,1H3,(H,31,32)(H3,23,25,26). The summed E-state index contributed by atoms with van der Waals surface area (Å²) in [5.74, 6) is -0.477. The first kappa shape index (κ1) is 21.0. The van der Waals surface area contributed by atoms with E-state index >= 15 is 0 Å². The molecule has 0 radical (unpaired) electrons. The minimum absolute atomic E-state index is 0.188. The van der Waals surface area contributed by atoms with E-state index in [2.05, 4.69) is 20.3 Å². The maximum Gasteiger partial charge on any atom is 0.341 e. The highest BCUT2D eigenvalue weighted by atomic mass is 16.4. The second-order valence-corrected chi connectivity index (χ2v) is 7.25. The van der Waals surface area contributed by atoms with E-state index < -0.39 is 11.4 Å². The smallest absolute Gasteiger partial charge is 0.341 e. The summed E-state index contributed by atoms with van der Waals surface area (Å²) < 4.78 is 1.65. The van der Waals surface area contributed by atoms with E-state index in [1.54, 1.807) is 4.57 Å². The molecule has 10 nitrogen and oxygen atoms in total. The molecule has 0 aliphatic carbocycles. The molecule has 2 aromatic heterocycles. The fourth-order valence-corrected chi connectivity index (χ4v) is 3.50. The Kier molecular flexibility index (Phi) is 5.84. The van der Waals surface area contributed by atoms with Gasteiger partial charge in [-0.25, -0.2) is 14.8 Å². The number of benzene rings is 1. The van der Waals surface area contributed by atoms with Crippen LogP contribution < -0.4 is 21.4 Å². The molecule has 32 heavy (non-hydrogen) atoms. The number of carboxylic acid groups (broad SMARTS) is 1. The number of aryl methyl sites for hydroxylation is 1. The first-order valence-corrected chi connectivity index (χ1v) is 10.2. The third-order valence-corrected chi connectivity index (χ3v) is 5.15. The first-order valence-electron chi connectivity index (χ1n) is 10.2. The third-order valence-electron chi connectivity index (χ3n) is 5.15. The van der Waals surface area contributed by atoms with Crippen molar-refractivity contribution in [3.05, 3.63) is 70.3 Å². The second kappa shape index (κ2) is 8.88. The number of hydrogen-bond acceptors (Lipinski definition) is 6. The van der Waals surface area contributed by atoms with E-state index in [-0.39, 0.29) is 10.9 Å². The van der Waals surface area contributed by atoms with Gasteiger partial charge in [0, 0.05) is 49.8 Å². The van der Waals surface area contributed by atoms with Gasteiger partial charge < -0.3 is 25.6 Å². The zero-order valence-corrected chi connectivity index (χ0v) is 17.5. The number of para-hydroxylation sites is 1. The molecule has 10 heteroatoms. The van der Waals surface area contributed by atoms with Crippen molar-refractivity contribution in [1.82, 2.24) is 14.5 Å². The number of aromatic nitrogens is 3. The van der Waals surface area contributed by atoms with Crippen LogP contribution >= 0.6 is 0 Å². The molecule has 1 aliphatic heterocycles. The van der Waals surface area contributed by atoms with Crippen LogP contribution in [0.25, 0.3) is 11.0 Å². The van der Waals surface area contributed by atoms with E-state index in [0.29, 0.717) is 43.6 Å². The molecule has 0 unspecified atom stereocenters. The number of fused-ring (bicyclic) bond motifs is 1. The van der Waals surface area contributed by atoms with Crippen molar-refractivity contribution in [2.24, 2.45) is 10.7 Å². The molecule has 3 aromatic rings. The molecule has 0 saturated carbocycles. The molecule has 0 saturated heterocycles. The van der Waals surface area contributed by atoms with Crippen LogP contribution in [-0.2, 0) is 6.54 Å². The third kappa shape index (κ3) is 4.29. The van der Waals surface area contributed by atoms with E-state index in [9.17, 15) is 14.7 Å². The number of hydrogen-bond donors (Lipinski definition) is 3. The van der Waals surface area contributed by atoms with Gasteiger partial charge in [-0.15, -0.1) is 0 Å². The summed E-state index contributed by atoms with van der Waals surface area (Å²) in [6.45, 7) is 3.49. The number of carbonyl (C=O) groups is 1. The average Bonchev–Trinajstić information content (AvgIpc) is 2.80. The van der Waals surface area contributed by atoms with Crippen molar-refractivity contribution in [2.45, 2.75) is 19.9 Å². The number of carboxylic acids is 1. The zero-order chi connectivity index (χ0) is 22.7. The van der Waals surface area contributed by atoms with Crippen molar-refractivity contribution < 1.29 is 9.90 Å². The van der Waals surface area contributed by atoms with Crippen molar-refractivity contribution in [1.29, 1.82) is 0 Å². The van der Waals surface area contributed by atoms with E-state index in [1.807, 2.05) is 48.2 Å². The molecule has 164 valence electrons. The first-order chi connectivity index (χ1) is 15.5. The maximum atomic E-state index is 12.5. The number of aliphatic imine (C=N–C) groups is 1. The van der Waals surface area contributed by atoms with Gasteiger partial charge in [0.1, 0.15) is 11.2 Å². The van der Waals surface area contributed by atoms with Gasteiger partial charge in [0.25, 0.3) is 0 Å². The van der Waals surface area contributed by atoms with Crippen LogP contribution in [0.15, 0.2) is 64.3 Å². The summed E-state index contributed by atoms with van der Waals surface area (Å²) in [4.78, 5) is 39.1. The predicted octanol–water partition coefficient (Wildman–Crippen LogP) is 2.03. The summed E-state index contributed by atoms with van der Waals surface area (Å²) in [5, 5.41) is 12.5. The lowest BCUT2D eigenvalue weighted by atomic mass is 10.2. The lowest BCUT2D eigenvalue weighted by Gasteiger charge is -2.25. The molecule has 0 bridgehead atoms. The molecule has 1 aromatic carbocycles. The van der Waals surface area contributed by atoms with Gasteiger partial charge in [0.05, 0.1) is 5.39 Å². The van der Waals surface area contributed by atoms with Crippen molar-refractivity contribution >= 4 is 34.6 Å². The number of guanidine groups is 1. The van der Waals surface area contributed by atoms with Crippen LogP contribution in [0.4, 0.5) is 11.6 Å². The highest BCUT2D eigenvalue weighted by Gasteiger charge is 2.19. The number of nitrogens with one attached hydrogen (secondary N) is 1. The van der Waals surface area contributed by atoms with Crippen LogP contribution in [0.5, 0.6) is 0 Å². The molecule has 3 heterocycles. The highest BCUT2D eigenvalue weighted by Crippen LogP contribution is 2.19. The fraction of sp³-hybridized carbons (Fsp3) is 0.227. The molecule has 4 rings (SSSR count). The molecule has 0 atom stereocenters. The van der Waals surface area contributed by atoms with Crippen molar-refractivity contribution in [3.8, 4) is 0 Å². The number of aromatic carboxylic acids is 1. The van der Waals surface area contributed by atoms with Crippen LogP contribution in [0.3, 0.4) is 0 Å². The highest BCUT2D eigenvalue weighted by molar-refractivity contribution is 5.93. The number of nitrogens with zero attached hydrogens (tertiary/aromatic N) is 5. The Bertz CT molecular complexity index is 1280. The van der Waals surface area contributed by atoms with Gasteiger partial charge >= 0.3 is 5.97 Å². The number of nitrogens with two attached hydrogens (primary N) is 1. The quantitative estimate of drug-likeness (QED) is 0.410. The van der Waals surface area contributed by atoms with Crippen LogP contribution in [0.2, 0.25) is 0 Å². The molecule has 0 spiro atoms. The molecule has 0 amide bonds. The lowest BCUT2D eigenvalue weighted by Crippen LogP contribution is -2.31. The zero-order valence-electron chi connectivity index (χ0n) is 17.5.